The summed E-state index contributed by atoms with van der Waals surface area (Å²) in [4.78, 5) is 10.7. The molecule has 0 N–H and O–H groups in total. The second-order valence-electron chi connectivity index (χ2n) is 3.74. The lowest BCUT2D eigenvalue weighted by Gasteiger charge is -2.12. The molecule has 0 saturated carbocycles. The second-order valence-corrected chi connectivity index (χ2v) is 4.14. The number of halogens is 1. The number of rotatable bonds is 5. The summed E-state index contributed by atoms with van der Waals surface area (Å²) < 4.78 is 15.3. The quantitative estimate of drug-likeness (QED) is 0.784. The molecule has 6 nitrogen and oxygen atoms in total. The van der Waals surface area contributed by atoms with Gasteiger partial charge < -0.3 is 9.47 Å². The first-order chi connectivity index (χ1) is 9.15. The third-order valence-electron chi connectivity index (χ3n) is 2.49. The maximum Gasteiger partial charge on any atom is 0.180 e. The molecule has 0 saturated heterocycles. The Morgan fingerprint density at radius 3 is 2.79 bits per heavy atom. The standard InChI is InChI=1S/C12H11ClN2O4/c1-7-10(15-19-14-7)6-18-12-9(13)3-8(5-16)4-11(12)17-2/h3-5H,6H2,1-2H3. The van der Waals surface area contributed by atoms with Crippen molar-refractivity contribution in [3.8, 4) is 11.5 Å². The van der Waals surface area contributed by atoms with E-state index < -0.39 is 0 Å². The van der Waals surface area contributed by atoms with Crippen LogP contribution in [0.1, 0.15) is 21.7 Å². The highest BCUT2D eigenvalue weighted by molar-refractivity contribution is 6.32. The van der Waals surface area contributed by atoms with Crippen molar-refractivity contribution in [1.29, 1.82) is 0 Å². The summed E-state index contributed by atoms with van der Waals surface area (Å²) in [5.74, 6) is 0.723. The molecule has 7 heteroatoms. The largest absolute Gasteiger partial charge is 0.493 e. The fourth-order valence-electron chi connectivity index (χ4n) is 1.47. The van der Waals surface area contributed by atoms with Gasteiger partial charge in [-0.2, -0.15) is 0 Å². The van der Waals surface area contributed by atoms with Gasteiger partial charge in [0.1, 0.15) is 24.3 Å². The van der Waals surface area contributed by atoms with E-state index in [0.717, 1.165) is 0 Å². The van der Waals surface area contributed by atoms with E-state index in [9.17, 15) is 4.79 Å². The van der Waals surface area contributed by atoms with Crippen molar-refractivity contribution < 1.29 is 18.9 Å². The van der Waals surface area contributed by atoms with E-state index >= 15 is 0 Å². The van der Waals surface area contributed by atoms with Crippen molar-refractivity contribution in [1.82, 2.24) is 10.3 Å². The van der Waals surface area contributed by atoms with Crippen LogP contribution in [0, 0.1) is 6.92 Å². The van der Waals surface area contributed by atoms with Gasteiger partial charge in [-0.15, -0.1) is 0 Å². The van der Waals surface area contributed by atoms with Crippen LogP contribution in [0.25, 0.3) is 0 Å². The summed E-state index contributed by atoms with van der Waals surface area (Å²) in [6.45, 7) is 1.90. The fraction of sp³-hybridized carbons (Fsp3) is 0.250. The summed E-state index contributed by atoms with van der Waals surface area (Å²) in [7, 11) is 1.47. The Labute approximate surface area is 114 Å². The van der Waals surface area contributed by atoms with E-state index in [2.05, 4.69) is 14.9 Å². The highest BCUT2D eigenvalue weighted by Gasteiger charge is 2.14. The Morgan fingerprint density at radius 2 is 2.21 bits per heavy atom. The first kappa shape index (κ1) is 13.4. The van der Waals surface area contributed by atoms with Crippen LogP contribution in [0.3, 0.4) is 0 Å². The molecule has 0 amide bonds. The van der Waals surface area contributed by atoms with Crippen molar-refractivity contribution in [2.45, 2.75) is 13.5 Å². The van der Waals surface area contributed by atoms with Gasteiger partial charge in [-0.25, -0.2) is 4.63 Å². The Hall–Kier alpha value is -2.08. The van der Waals surface area contributed by atoms with Gasteiger partial charge >= 0.3 is 0 Å². The zero-order chi connectivity index (χ0) is 13.8. The molecule has 0 spiro atoms. The normalized spacial score (nSPS) is 10.3. The molecule has 1 heterocycles. The van der Waals surface area contributed by atoms with Crippen LogP contribution in [0.15, 0.2) is 16.8 Å². The Morgan fingerprint density at radius 1 is 1.42 bits per heavy atom. The average Bonchev–Trinajstić information content (AvgIpc) is 2.82. The Bertz CT molecular complexity index is 597. The highest BCUT2D eigenvalue weighted by Crippen LogP contribution is 2.36. The number of hydrogen-bond acceptors (Lipinski definition) is 6. The predicted molar refractivity (Wildman–Crippen MR) is 66.8 cm³/mol. The van der Waals surface area contributed by atoms with E-state index in [1.165, 1.54) is 13.2 Å². The van der Waals surface area contributed by atoms with Crippen molar-refractivity contribution in [3.63, 3.8) is 0 Å². The van der Waals surface area contributed by atoms with Crippen LogP contribution >= 0.6 is 11.6 Å². The number of methoxy groups -OCH3 is 1. The number of ether oxygens (including phenoxy) is 2. The van der Waals surface area contributed by atoms with Gasteiger partial charge in [-0.05, 0) is 19.1 Å². The molecule has 0 aliphatic rings. The van der Waals surface area contributed by atoms with Crippen molar-refractivity contribution in [2.24, 2.45) is 0 Å². The fourth-order valence-corrected chi connectivity index (χ4v) is 1.74. The third kappa shape index (κ3) is 2.85. The Kier molecular flexibility index (Phi) is 4.01. The lowest BCUT2D eigenvalue weighted by Crippen LogP contribution is -2.01. The highest BCUT2D eigenvalue weighted by atomic mass is 35.5. The molecular weight excluding hydrogens is 272 g/mol. The Balaban J connectivity index is 2.24. The molecule has 100 valence electrons. The molecule has 0 aliphatic heterocycles. The lowest BCUT2D eigenvalue weighted by molar-refractivity contribution is 0.112. The summed E-state index contributed by atoms with van der Waals surface area (Å²) in [5, 5.41) is 7.63. The van der Waals surface area contributed by atoms with Gasteiger partial charge in [0.05, 0.1) is 12.1 Å². The zero-order valence-electron chi connectivity index (χ0n) is 10.3. The molecule has 19 heavy (non-hydrogen) atoms. The zero-order valence-corrected chi connectivity index (χ0v) is 11.1. The van der Waals surface area contributed by atoms with Gasteiger partial charge in [0.25, 0.3) is 0 Å². The van der Waals surface area contributed by atoms with Crippen LogP contribution in [-0.2, 0) is 6.61 Å². The minimum Gasteiger partial charge on any atom is -0.493 e. The predicted octanol–water partition coefficient (Wildman–Crippen LogP) is 2.43. The maximum absolute atomic E-state index is 10.7. The van der Waals surface area contributed by atoms with E-state index in [-0.39, 0.29) is 11.6 Å². The number of aromatic nitrogens is 2. The van der Waals surface area contributed by atoms with Crippen LogP contribution in [-0.4, -0.2) is 23.7 Å². The van der Waals surface area contributed by atoms with Crippen molar-refractivity contribution in [3.05, 3.63) is 34.1 Å². The molecule has 2 rings (SSSR count). The van der Waals surface area contributed by atoms with Crippen molar-refractivity contribution >= 4 is 17.9 Å². The topological polar surface area (TPSA) is 74.5 Å². The minimum atomic E-state index is 0.145. The van der Waals surface area contributed by atoms with Crippen molar-refractivity contribution in [2.75, 3.05) is 7.11 Å². The molecule has 0 aliphatic carbocycles. The minimum absolute atomic E-state index is 0.145. The van der Waals surface area contributed by atoms with Gasteiger partial charge in [-0.3, -0.25) is 4.79 Å². The SMILES string of the molecule is COc1cc(C=O)cc(Cl)c1OCc1nonc1C. The molecule has 0 atom stereocenters. The molecule has 0 bridgehead atoms. The van der Waals surface area contributed by atoms with Gasteiger partial charge in [0.15, 0.2) is 11.5 Å². The summed E-state index contributed by atoms with van der Waals surface area (Å²) in [5.41, 5.74) is 1.62. The summed E-state index contributed by atoms with van der Waals surface area (Å²) in [6, 6.07) is 3.04. The lowest BCUT2D eigenvalue weighted by atomic mass is 10.2. The molecule has 0 fully saturated rings. The van der Waals surface area contributed by atoms with Gasteiger partial charge in [0.2, 0.25) is 0 Å². The van der Waals surface area contributed by atoms with E-state index in [1.807, 2.05) is 0 Å². The average molecular weight is 283 g/mol. The van der Waals surface area contributed by atoms with E-state index in [1.54, 1.807) is 13.0 Å². The number of aldehydes is 1. The smallest absolute Gasteiger partial charge is 0.180 e. The molecular formula is C12H11ClN2O4. The maximum atomic E-state index is 10.7. The molecule has 0 radical (unpaired) electrons. The van der Waals surface area contributed by atoms with E-state index in [4.69, 9.17) is 21.1 Å². The monoisotopic (exact) mass is 282 g/mol. The summed E-state index contributed by atoms with van der Waals surface area (Å²) >= 11 is 6.05. The number of carbonyl (C=O) groups is 1. The molecule has 1 aromatic carbocycles. The second kappa shape index (κ2) is 5.71. The van der Waals surface area contributed by atoms with Gasteiger partial charge in [-0.1, -0.05) is 21.9 Å². The first-order valence-corrected chi connectivity index (χ1v) is 5.77. The number of benzene rings is 1. The first-order valence-electron chi connectivity index (χ1n) is 5.39. The summed E-state index contributed by atoms with van der Waals surface area (Å²) in [6.07, 6.45) is 0.684. The molecule has 0 unspecified atom stereocenters. The number of aryl methyl sites for hydroxylation is 1. The number of nitrogens with zero attached hydrogens (tertiary/aromatic N) is 2. The number of carbonyl (C=O) groups excluding carboxylic acids is 1. The van der Waals surface area contributed by atoms with Crippen LogP contribution < -0.4 is 9.47 Å². The van der Waals surface area contributed by atoms with Crippen LogP contribution in [0.5, 0.6) is 11.5 Å². The van der Waals surface area contributed by atoms with E-state index in [0.29, 0.717) is 34.7 Å². The van der Waals surface area contributed by atoms with Crippen LogP contribution in [0.2, 0.25) is 5.02 Å². The van der Waals surface area contributed by atoms with Gasteiger partial charge in [0, 0.05) is 5.56 Å². The molecule has 1 aromatic heterocycles. The number of hydrogen-bond donors (Lipinski definition) is 0. The van der Waals surface area contributed by atoms with Crippen LogP contribution in [0.4, 0.5) is 0 Å². The molecule has 2 aromatic rings. The third-order valence-corrected chi connectivity index (χ3v) is 2.77.